The summed E-state index contributed by atoms with van der Waals surface area (Å²) in [6.07, 6.45) is 5.84. The minimum Gasteiger partial charge on any atom is -0.355 e. The summed E-state index contributed by atoms with van der Waals surface area (Å²) in [4.78, 5) is 14.9. The van der Waals surface area contributed by atoms with E-state index in [-0.39, 0.29) is 11.8 Å². The summed E-state index contributed by atoms with van der Waals surface area (Å²) in [5.74, 6) is 0.440. The maximum Gasteiger partial charge on any atom is 0.224 e. The molecule has 0 unspecified atom stereocenters. The van der Waals surface area contributed by atoms with E-state index < -0.39 is 0 Å². The number of nitrogens with one attached hydrogen (secondary N) is 1. The summed E-state index contributed by atoms with van der Waals surface area (Å²) in [6.45, 7) is 4.43. The number of aromatic nitrogens is 3. The van der Waals surface area contributed by atoms with Crippen LogP contribution in [0.15, 0.2) is 54.9 Å². The van der Waals surface area contributed by atoms with Crippen molar-refractivity contribution < 1.29 is 4.79 Å². The van der Waals surface area contributed by atoms with Gasteiger partial charge in [-0.15, -0.1) is 10.2 Å². The molecule has 0 aliphatic carbocycles. The molecule has 2 atom stereocenters. The molecule has 0 spiro atoms. The van der Waals surface area contributed by atoms with Crippen molar-refractivity contribution in [2.45, 2.75) is 25.7 Å². The lowest BCUT2D eigenvalue weighted by molar-refractivity contribution is -0.125. The standard InChI is InChI=1S/C21H25N5OS/c1-16(17-8-3-2-4-9-17)14-22-19(27)18-10-7-13-26(15-18)21-24-23-20(28-21)25-11-5-6-12-25/h2-6,8-9,11-12,16,18H,7,10,13-15H2,1H3,(H,22,27)/t16-,18-/m0/s1. The van der Waals surface area contributed by atoms with Crippen LogP contribution in [0.25, 0.3) is 5.13 Å². The van der Waals surface area contributed by atoms with Gasteiger partial charge in [0.05, 0.1) is 5.92 Å². The monoisotopic (exact) mass is 395 g/mol. The Balaban J connectivity index is 1.34. The Kier molecular flexibility index (Phi) is 5.71. The van der Waals surface area contributed by atoms with Gasteiger partial charge in [-0.3, -0.25) is 9.36 Å². The number of hydrogen-bond acceptors (Lipinski definition) is 5. The van der Waals surface area contributed by atoms with Crippen LogP contribution in [-0.2, 0) is 4.79 Å². The van der Waals surface area contributed by atoms with Crippen LogP contribution in [0.2, 0.25) is 0 Å². The molecule has 28 heavy (non-hydrogen) atoms. The van der Waals surface area contributed by atoms with Crippen molar-refractivity contribution >= 4 is 22.4 Å². The third-order valence-electron chi connectivity index (χ3n) is 5.24. The van der Waals surface area contributed by atoms with E-state index in [1.807, 2.05) is 47.3 Å². The van der Waals surface area contributed by atoms with Gasteiger partial charge in [-0.1, -0.05) is 48.6 Å². The second kappa shape index (κ2) is 8.56. The highest BCUT2D eigenvalue weighted by Gasteiger charge is 2.28. The number of nitrogens with zero attached hydrogens (tertiary/aromatic N) is 4. The van der Waals surface area contributed by atoms with Crippen molar-refractivity contribution in [3.63, 3.8) is 0 Å². The van der Waals surface area contributed by atoms with E-state index in [1.165, 1.54) is 5.56 Å². The summed E-state index contributed by atoms with van der Waals surface area (Å²) in [6, 6.07) is 14.2. The summed E-state index contributed by atoms with van der Waals surface area (Å²) >= 11 is 1.56. The van der Waals surface area contributed by atoms with Crippen molar-refractivity contribution in [1.29, 1.82) is 0 Å². The Hall–Kier alpha value is -2.67. The van der Waals surface area contributed by atoms with Gasteiger partial charge in [0.1, 0.15) is 0 Å². The fraction of sp³-hybridized carbons (Fsp3) is 0.381. The van der Waals surface area contributed by atoms with Crippen LogP contribution in [0.3, 0.4) is 0 Å². The Morgan fingerprint density at radius 2 is 1.93 bits per heavy atom. The zero-order valence-corrected chi connectivity index (χ0v) is 16.8. The first kappa shape index (κ1) is 18.7. The van der Waals surface area contributed by atoms with Crippen LogP contribution >= 0.6 is 11.3 Å². The molecular weight excluding hydrogens is 370 g/mol. The molecule has 2 aromatic heterocycles. The van der Waals surface area contributed by atoms with E-state index in [1.54, 1.807) is 11.3 Å². The third-order valence-corrected chi connectivity index (χ3v) is 6.24. The number of anilines is 1. The topological polar surface area (TPSA) is 63.1 Å². The largest absolute Gasteiger partial charge is 0.355 e. The van der Waals surface area contributed by atoms with Gasteiger partial charge < -0.3 is 10.2 Å². The molecule has 7 heteroatoms. The lowest BCUT2D eigenvalue weighted by Gasteiger charge is -2.31. The maximum atomic E-state index is 12.7. The van der Waals surface area contributed by atoms with Crippen molar-refractivity contribution in [2.24, 2.45) is 5.92 Å². The molecule has 1 N–H and O–H groups in total. The van der Waals surface area contributed by atoms with Crippen molar-refractivity contribution in [2.75, 3.05) is 24.5 Å². The van der Waals surface area contributed by atoms with Gasteiger partial charge in [0, 0.05) is 32.0 Å². The van der Waals surface area contributed by atoms with E-state index in [4.69, 9.17) is 0 Å². The van der Waals surface area contributed by atoms with Crippen molar-refractivity contribution in [3.8, 4) is 5.13 Å². The Bertz CT molecular complexity index is 893. The van der Waals surface area contributed by atoms with Gasteiger partial charge in [0.2, 0.25) is 16.2 Å². The predicted molar refractivity (Wildman–Crippen MR) is 112 cm³/mol. The SMILES string of the molecule is C[C@@H](CNC(=O)[C@H]1CCCN(c2nnc(-n3cccc3)s2)C1)c1ccccc1. The highest BCUT2D eigenvalue weighted by Crippen LogP contribution is 2.28. The molecule has 3 heterocycles. The number of hydrogen-bond donors (Lipinski definition) is 1. The first-order chi connectivity index (χ1) is 13.7. The van der Waals surface area contributed by atoms with Gasteiger partial charge in [0.25, 0.3) is 0 Å². The Morgan fingerprint density at radius 3 is 2.71 bits per heavy atom. The molecule has 1 saturated heterocycles. The molecule has 1 fully saturated rings. The fourth-order valence-electron chi connectivity index (χ4n) is 3.56. The molecule has 146 valence electrons. The van der Waals surface area contributed by atoms with Gasteiger partial charge >= 0.3 is 0 Å². The Labute approximate surface area is 169 Å². The van der Waals surface area contributed by atoms with Crippen LogP contribution in [0.4, 0.5) is 5.13 Å². The molecule has 1 aliphatic rings. The van der Waals surface area contributed by atoms with E-state index in [0.29, 0.717) is 19.0 Å². The average Bonchev–Trinajstić information content (AvgIpc) is 3.44. The summed E-state index contributed by atoms with van der Waals surface area (Å²) < 4.78 is 1.96. The van der Waals surface area contributed by atoms with Crippen LogP contribution < -0.4 is 10.2 Å². The quantitative estimate of drug-likeness (QED) is 0.694. The van der Waals surface area contributed by atoms with Crippen molar-refractivity contribution in [1.82, 2.24) is 20.1 Å². The first-order valence-electron chi connectivity index (χ1n) is 9.75. The smallest absolute Gasteiger partial charge is 0.224 e. The van der Waals surface area contributed by atoms with Crippen LogP contribution in [0.5, 0.6) is 0 Å². The molecule has 1 aromatic carbocycles. The summed E-state index contributed by atoms with van der Waals surface area (Å²) in [7, 11) is 0. The maximum absolute atomic E-state index is 12.7. The highest BCUT2D eigenvalue weighted by molar-refractivity contribution is 7.17. The zero-order chi connectivity index (χ0) is 19.3. The van der Waals surface area contributed by atoms with E-state index in [2.05, 4.69) is 39.5 Å². The van der Waals surface area contributed by atoms with Crippen LogP contribution in [0, 0.1) is 5.92 Å². The molecule has 0 bridgehead atoms. The molecule has 3 aromatic rings. The molecule has 1 amide bonds. The van der Waals surface area contributed by atoms with Gasteiger partial charge in [-0.05, 0) is 36.5 Å². The zero-order valence-electron chi connectivity index (χ0n) is 16.0. The van der Waals surface area contributed by atoms with Gasteiger partial charge in [-0.2, -0.15) is 0 Å². The first-order valence-corrected chi connectivity index (χ1v) is 10.6. The van der Waals surface area contributed by atoms with Gasteiger partial charge in [0.15, 0.2) is 0 Å². The summed E-state index contributed by atoms with van der Waals surface area (Å²) in [5, 5.41) is 13.5. The molecule has 1 aliphatic heterocycles. The number of carbonyl (C=O) groups excluding carboxylic acids is 1. The molecule has 6 nitrogen and oxygen atoms in total. The molecule has 0 radical (unpaired) electrons. The third kappa shape index (κ3) is 4.25. The van der Waals surface area contributed by atoms with E-state index in [9.17, 15) is 4.79 Å². The van der Waals surface area contributed by atoms with Crippen molar-refractivity contribution in [3.05, 3.63) is 60.4 Å². The van der Waals surface area contributed by atoms with E-state index in [0.717, 1.165) is 29.6 Å². The second-order valence-electron chi connectivity index (χ2n) is 7.30. The summed E-state index contributed by atoms with van der Waals surface area (Å²) in [5.41, 5.74) is 1.25. The minimum atomic E-state index is -0.00403. The minimum absolute atomic E-state index is 0.00403. The number of rotatable bonds is 6. The second-order valence-corrected chi connectivity index (χ2v) is 8.23. The Morgan fingerprint density at radius 1 is 1.18 bits per heavy atom. The lowest BCUT2D eigenvalue weighted by atomic mass is 9.96. The highest BCUT2D eigenvalue weighted by atomic mass is 32.1. The van der Waals surface area contributed by atoms with E-state index >= 15 is 0 Å². The van der Waals surface area contributed by atoms with Crippen LogP contribution in [-0.4, -0.2) is 40.3 Å². The van der Waals surface area contributed by atoms with Gasteiger partial charge in [-0.25, -0.2) is 0 Å². The average molecular weight is 396 g/mol. The normalized spacial score (nSPS) is 18.0. The number of amides is 1. The molecule has 0 saturated carbocycles. The number of benzene rings is 1. The lowest BCUT2D eigenvalue weighted by Crippen LogP contribution is -2.43. The predicted octanol–water partition coefficient (Wildman–Crippen LogP) is 3.47. The number of carbonyl (C=O) groups is 1. The fourth-order valence-corrected chi connectivity index (χ4v) is 4.41. The van der Waals surface area contributed by atoms with Crippen LogP contribution in [0.1, 0.15) is 31.2 Å². The molecular formula is C21H25N5OS. The molecule has 4 rings (SSSR count). The number of piperidine rings is 1.